The molecule has 0 bridgehead atoms. The summed E-state index contributed by atoms with van der Waals surface area (Å²) >= 11 is 3.42. The lowest BCUT2D eigenvalue weighted by Crippen LogP contribution is -2.08. The van der Waals surface area contributed by atoms with Crippen molar-refractivity contribution in [2.45, 2.75) is 6.54 Å². The molecule has 80 valence electrons. The molecule has 0 atom stereocenters. The first-order chi connectivity index (χ1) is 6.83. The van der Waals surface area contributed by atoms with Gasteiger partial charge in [0.2, 0.25) is 0 Å². The quantitative estimate of drug-likeness (QED) is 0.905. The molecule has 1 heterocycles. The summed E-state index contributed by atoms with van der Waals surface area (Å²) in [7, 11) is 0. The minimum Gasteiger partial charge on any atom is -0.324 e. The van der Waals surface area contributed by atoms with Crippen LogP contribution in [0.4, 0.5) is 0 Å². The van der Waals surface area contributed by atoms with Crippen LogP contribution in [-0.4, -0.2) is 20.2 Å². The summed E-state index contributed by atoms with van der Waals surface area (Å²) in [5, 5.41) is 11.2. The summed E-state index contributed by atoms with van der Waals surface area (Å²) < 4.78 is 2.55. The van der Waals surface area contributed by atoms with E-state index in [4.69, 9.17) is 5.73 Å². The maximum Gasteiger partial charge on any atom is 0.170 e. The minimum absolute atomic E-state index is 0. The van der Waals surface area contributed by atoms with Crippen molar-refractivity contribution in [3.05, 3.63) is 34.6 Å². The second kappa shape index (κ2) is 5.20. The van der Waals surface area contributed by atoms with Crippen LogP contribution in [0.1, 0.15) is 5.82 Å². The molecule has 1 aromatic heterocycles. The Morgan fingerprint density at radius 3 is 2.73 bits per heavy atom. The molecule has 5 nitrogen and oxygen atoms in total. The van der Waals surface area contributed by atoms with E-state index >= 15 is 0 Å². The van der Waals surface area contributed by atoms with Crippen molar-refractivity contribution in [3.63, 3.8) is 0 Å². The molecule has 0 saturated heterocycles. The number of nitrogens with two attached hydrogens (primary N) is 1. The largest absolute Gasteiger partial charge is 0.324 e. The fourth-order valence-corrected chi connectivity index (χ4v) is 1.60. The van der Waals surface area contributed by atoms with Gasteiger partial charge in [-0.25, -0.2) is 0 Å². The zero-order valence-electron chi connectivity index (χ0n) is 7.67. The fourth-order valence-electron chi connectivity index (χ4n) is 1.14. The number of nitrogens with zero attached hydrogens (tertiary/aromatic N) is 4. The first-order valence-electron chi connectivity index (χ1n) is 4.05. The minimum atomic E-state index is 0. The van der Waals surface area contributed by atoms with Gasteiger partial charge < -0.3 is 5.73 Å². The van der Waals surface area contributed by atoms with Gasteiger partial charge in [0, 0.05) is 4.47 Å². The molecule has 0 amide bonds. The zero-order chi connectivity index (χ0) is 9.97. The van der Waals surface area contributed by atoms with Crippen LogP contribution in [0.2, 0.25) is 0 Å². The van der Waals surface area contributed by atoms with E-state index in [1.807, 2.05) is 24.3 Å². The Labute approximate surface area is 101 Å². The van der Waals surface area contributed by atoms with Crippen LogP contribution in [-0.2, 0) is 6.54 Å². The van der Waals surface area contributed by atoms with Gasteiger partial charge in [-0.3, -0.25) is 0 Å². The van der Waals surface area contributed by atoms with E-state index in [0.29, 0.717) is 12.4 Å². The maximum atomic E-state index is 5.50. The Bertz CT molecular complexity index is 444. The van der Waals surface area contributed by atoms with Crippen LogP contribution < -0.4 is 5.73 Å². The summed E-state index contributed by atoms with van der Waals surface area (Å²) in [4.78, 5) is 0. The first-order valence-corrected chi connectivity index (χ1v) is 4.84. The van der Waals surface area contributed by atoms with Gasteiger partial charge in [0.05, 0.1) is 12.2 Å². The van der Waals surface area contributed by atoms with Crippen LogP contribution in [0.5, 0.6) is 0 Å². The molecule has 2 N–H and O–H groups in total. The fraction of sp³-hybridized carbons (Fsp3) is 0.125. The monoisotopic (exact) mass is 289 g/mol. The van der Waals surface area contributed by atoms with E-state index in [1.54, 1.807) is 4.68 Å². The Kier molecular flexibility index (Phi) is 4.19. The number of hydrogen-bond donors (Lipinski definition) is 1. The second-order valence-corrected chi connectivity index (χ2v) is 3.52. The van der Waals surface area contributed by atoms with Crippen LogP contribution in [0.3, 0.4) is 0 Å². The number of halogens is 2. The van der Waals surface area contributed by atoms with Crippen molar-refractivity contribution in [3.8, 4) is 5.69 Å². The summed E-state index contributed by atoms with van der Waals surface area (Å²) in [6.45, 7) is 0.314. The van der Waals surface area contributed by atoms with Crippen LogP contribution in [0.15, 0.2) is 28.7 Å². The number of tetrazole rings is 1. The zero-order valence-corrected chi connectivity index (χ0v) is 10.1. The third kappa shape index (κ3) is 2.34. The maximum absolute atomic E-state index is 5.50. The third-order valence-electron chi connectivity index (χ3n) is 1.80. The highest BCUT2D eigenvalue weighted by atomic mass is 79.9. The normalized spacial score (nSPS) is 9.73. The second-order valence-electron chi connectivity index (χ2n) is 2.66. The molecule has 1 aromatic carbocycles. The van der Waals surface area contributed by atoms with Crippen molar-refractivity contribution >= 4 is 28.3 Å². The molecule has 7 heteroatoms. The van der Waals surface area contributed by atoms with Crippen LogP contribution >= 0.6 is 28.3 Å². The Hall–Kier alpha value is -0.980. The molecular weight excluding hydrogens is 281 g/mol. The highest BCUT2D eigenvalue weighted by Gasteiger charge is 2.08. The van der Waals surface area contributed by atoms with E-state index < -0.39 is 0 Å². The van der Waals surface area contributed by atoms with E-state index in [9.17, 15) is 0 Å². The van der Waals surface area contributed by atoms with Gasteiger partial charge in [-0.05, 0) is 38.5 Å². The van der Waals surface area contributed by atoms with Crippen LogP contribution in [0, 0.1) is 0 Å². The van der Waals surface area contributed by atoms with Crippen molar-refractivity contribution in [1.29, 1.82) is 0 Å². The van der Waals surface area contributed by atoms with E-state index in [-0.39, 0.29) is 12.4 Å². The molecule has 0 aliphatic heterocycles. The lowest BCUT2D eigenvalue weighted by molar-refractivity contribution is 0.759. The van der Waals surface area contributed by atoms with Crippen molar-refractivity contribution in [2.75, 3.05) is 0 Å². The lowest BCUT2D eigenvalue weighted by atomic mass is 10.3. The van der Waals surface area contributed by atoms with Gasteiger partial charge in [-0.15, -0.1) is 17.5 Å². The average Bonchev–Trinajstić information content (AvgIpc) is 2.66. The molecule has 0 aliphatic rings. The Morgan fingerprint density at radius 1 is 1.33 bits per heavy atom. The van der Waals surface area contributed by atoms with E-state index in [2.05, 4.69) is 31.5 Å². The Balaban J connectivity index is 0.00000112. The number of para-hydroxylation sites is 1. The summed E-state index contributed by atoms with van der Waals surface area (Å²) in [6, 6.07) is 7.69. The van der Waals surface area contributed by atoms with Gasteiger partial charge in [0.1, 0.15) is 0 Å². The molecule has 0 radical (unpaired) electrons. The van der Waals surface area contributed by atoms with Gasteiger partial charge in [0.25, 0.3) is 0 Å². The topological polar surface area (TPSA) is 69.6 Å². The third-order valence-corrected chi connectivity index (χ3v) is 2.47. The number of aromatic nitrogens is 4. The number of hydrogen-bond acceptors (Lipinski definition) is 4. The van der Waals surface area contributed by atoms with Gasteiger partial charge >= 0.3 is 0 Å². The number of rotatable bonds is 2. The predicted octanol–water partition coefficient (Wildman–Crippen LogP) is 1.31. The Morgan fingerprint density at radius 2 is 2.07 bits per heavy atom. The van der Waals surface area contributed by atoms with Crippen molar-refractivity contribution in [1.82, 2.24) is 20.2 Å². The van der Waals surface area contributed by atoms with E-state index in [0.717, 1.165) is 10.2 Å². The SMILES string of the molecule is Cl.NCc1nnnn1-c1ccccc1Br. The van der Waals surface area contributed by atoms with E-state index in [1.165, 1.54) is 0 Å². The lowest BCUT2D eigenvalue weighted by Gasteiger charge is -2.04. The highest BCUT2D eigenvalue weighted by Crippen LogP contribution is 2.19. The van der Waals surface area contributed by atoms with Crippen molar-refractivity contribution < 1.29 is 0 Å². The van der Waals surface area contributed by atoms with Crippen LogP contribution in [0.25, 0.3) is 5.69 Å². The molecule has 2 aromatic rings. The molecule has 15 heavy (non-hydrogen) atoms. The predicted molar refractivity (Wildman–Crippen MR) is 62.0 cm³/mol. The molecule has 0 aliphatic carbocycles. The molecule has 0 fully saturated rings. The first kappa shape index (κ1) is 12.1. The molecule has 0 spiro atoms. The average molecular weight is 291 g/mol. The molecular formula is C8H9BrClN5. The smallest absolute Gasteiger partial charge is 0.170 e. The van der Waals surface area contributed by atoms with Gasteiger partial charge in [0.15, 0.2) is 5.82 Å². The number of benzene rings is 1. The molecule has 0 unspecified atom stereocenters. The standard InChI is InChI=1S/C8H8BrN5.ClH/c9-6-3-1-2-4-7(6)14-8(5-10)11-12-13-14;/h1-4H,5,10H2;1H. The molecule has 2 rings (SSSR count). The van der Waals surface area contributed by atoms with Gasteiger partial charge in [-0.2, -0.15) is 4.68 Å². The van der Waals surface area contributed by atoms with Crippen molar-refractivity contribution in [2.24, 2.45) is 5.73 Å². The van der Waals surface area contributed by atoms with Gasteiger partial charge in [-0.1, -0.05) is 12.1 Å². The summed E-state index contributed by atoms with van der Waals surface area (Å²) in [5.74, 6) is 0.636. The summed E-state index contributed by atoms with van der Waals surface area (Å²) in [6.07, 6.45) is 0. The highest BCUT2D eigenvalue weighted by molar-refractivity contribution is 9.10. The summed E-state index contributed by atoms with van der Waals surface area (Å²) in [5.41, 5.74) is 6.39. The molecule has 0 saturated carbocycles.